The van der Waals surface area contributed by atoms with E-state index in [0.717, 1.165) is 16.8 Å². The summed E-state index contributed by atoms with van der Waals surface area (Å²) in [7, 11) is 1.53. The molecule has 0 aliphatic carbocycles. The molecule has 51 heavy (non-hydrogen) atoms. The van der Waals surface area contributed by atoms with E-state index in [1.165, 1.54) is 25.6 Å². The van der Waals surface area contributed by atoms with Crippen LogP contribution in [0.3, 0.4) is 0 Å². The van der Waals surface area contributed by atoms with Gasteiger partial charge in [0, 0.05) is 40.5 Å². The maximum atomic E-state index is 13.6. The van der Waals surface area contributed by atoms with Crippen molar-refractivity contribution < 1.29 is 32.9 Å². The molecule has 0 saturated carbocycles. The van der Waals surface area contributed by atoms with Crippen molar-refractivity contribution in [1.82, 2.24) is 15.3 Å². The van der Waals surface area contributed by atoms with E-state index >= 15 is 0 Å². The second-order valence-corrected chi connectivity index (χ2v) is 13.1. The van der Waals surface area contributed by atoms with Crippen molar-refractivity contribution in [3.8, 4) is 17.2 Å². The lowest BCUT2D eigenvalue weighted by molar-refractivity contribution is -0.123. The number of methoxy groups -OCH3 is 1. The molecule has 2 amide bonds. The van der Waals surface area contributed by atoms with Gasteiger partial charge in [0.05, 0.1) is 39.8 Å². The van der Waals surface area contributed by atoms with Crippen LogP contribution >= 0.6 is 43.5 Å². The number of carbonyl (C=O) groups is 2. The molecule has 2 heterocycles. The molecular weight excluding hydrogens is 813 g/mol. The minimum atomic E-state index is -0.521. The van der Waals surface area contributed by atoms with E-state index in [1.54, 1.807) is 24.3 Å². The Morgan fingerprint density at radius 3 is 2.57 bits per heavy atom. The number of aromatic nitrogens is 2. The highest BCUT2D eigenvalue weighted by molar-refractivity contribution is 9.11. The summed E-state index contributed by atoms with van der Waals surface area (Å²) in [6.07, 6.45) is 3.20. The molecule has 0 spiro atoms. The Kier molecular flexibility index (Phi) is 11.7. The number of hydrogen-bond acceptors (Lipinski definition) is 9. The quantitative estimate of drug-likeness (QED) is 0.0758. The van der Waals surface area contributed by atoms with Gasteiger partial charge in [0.1, 0.15) is 30.3 Å². The largest absolute Gasteiger partial charge is 0.493 e. The summed E-state index contributed by atoms with van der Waals surface area (Å²) in [5, 5.41) is 9.39. The average molecular weight is 842 g/mol. The summed E-state index contributed by atoms with van der Waals surface area (Å²) in [6, 6.07) is 18.9. The van der Waals surface area contributed by atoms with E-state index < -0.39 is 5.82 Å². The van der Waals surface area contributed by atoms with Crippen LogP contribution in [0.4, 0.5) is 21.6 Å². The number of benzene rings is 4. The molecule has 0 unspecified atom stereocenters. The number of para-hydroxylation sites is 1. The van der Waals surface area contributed by atoms with Crippen molar-refractivity contribution in [3.63, 3.8) is 0 Å². The van der Waals surface area contributed by atoms with E-state index in [1.807, 2.05) is 36.4 Å². The Labute approximate surface area is 313 Å². The van der Waals surface area contributed by atoms with Crippen molar-refractivity contribution in [1.29, 1.82) is 0 Å². The Morgan fingerprint density at radius 2 is 1.78 bits per heavy atom. The second-order valence-electron chi connectivity index (χ2n) is 11.0. The molecule has 0 atom stereocenters. The zero-order valence-electron chi connectivity index (χ0n) is 26.9. The molecule has 262 valence electrons. The van der Waals surface area contributed by atoms with Gasteiger partial charge >= 0.3 is 0 Å². The fraction of sp³-hybridized carbons (Fsp3) is 0.167. The molecule has 0 saturated heterocycles. The predicted octanol–water partition coefficient (Wildman–Crippen LogP) is 7.78. The van der Waals surface area contributed by atoms with Gasteiger partial charge in [-0.1, -0.05) is 29.8 Å². The number of anilines is 3. The number of halogens is 4. The summed E-state index contributed by atoms with van der Waals surface area (Å²) in [4.78, 5) is 33.6. The van der Waals surface area contributed by atoms with Gasteiger partial charge in [0.2, 0.25) is 0 Å². The molecule has 0 radical (unpaired) electrons. The van der Waals surface area contributed by atoms with E-state index in [-0.39, 0.29) is 49.8 Å². The van der Waals surface area contributed by atoms with Crippen LogP contribution in [-0.2, 0) is 14.3 Å². The number of amides is 2. The number of nitrogens with zero attached hydrogens (tertiary/aromatic N) is 2. The summed E-state index contributed by atoms with van der Waals surface area (Å²) in [6.45, 7) is 0.745. The molecule has 1 aliphatic rings. The van der Waals surface area contributed by atoms with Gasteiger partial charge in [0.15, 0.2) is 18.1 Å². The number of rotatable bonds is 14. The molecule has 11 nitrogen and oxygen atoms in total. The number of ether oxygens (including phenoxy) is 4. The van der Waals surface area contributed by atoms with Gasteiger partial charge in [-0.2, -0.15) is 0 Å². The lowest BCUT2D eigenvalue weighted by Crippen LogP contribution is -2.32. The lowest BCUT2D eigenvalue weighted by atomic mass is 10.0. The number of fused-ring (bicyclic) bond motifs is 2. The van der Waals surface area contributed by atoms with Gasteiger partial charge in [-0.15, -0.1) is 0 Å². The Morgan fingerprint density at radius 1 is 0.980 bits per heavy atom. The molecule has 4 aromatic carbocycles. The number of nitrogens with one attached hydrogen (secondary N) is 3. The lowest BCUT2D eigenvalue weighted by Gasteiger charge is -2.14. The molecule has 3 N–H and O–H groups in total. The molecule has 1 aromatic heterocycles. The first-order valence-electron chi connectivity index (χ1n) is 15.5. The van der Waals surface area contributed by atoms with E-state index in [9.17, 15) is 14.0 Å². The predicted molar refractivity (Wildman–Crippen MR) is 200 cm³/mol. The summed E-state index contributed by atoms with van der Waals surface area (Å²) in [5.74, 6) is 0.836. The first-order chi connectivity index (χ1) is 24.7. The topological polar surface area (TPSA) is 133 Å². The van der Waals surface area contributed by atoms with Gasteiger partial charge in [0.25, 0.3) is 11.8 Å². The normalized spacial score (nSPS) is 12.8. The second kappa shape index (κ2) is 16.5. The zero-order chi connectivity index (χ0) is 35.9. The molecule has 1 aliphatic heterocycles. The zero-order valence-corrected chi connectivity index (χ0v) is 30.8. The van der Waals surface area contributed by atoms with Gasteiger partial charge in [-0.05, 0) is 86.0 Å². The third-order valence-electron chi connectivity index (χ3n) is 7.55. The fourth-order valence-electron chi connectivity index (χ4n) is 5.16. The minimum Gasteiger partial charge on any atom is -0.493 e. The van der Waals surface area contributed by atoms with Gasteiger partial charge < -0.3 is 34.9 Å². The third kappa shape index (κ3) is 8.76. The van der Waals surface area contributed by atoms with Gasteiger partial charge in [-0.3, -0.25) is 9.59 Å². The maximum Gasteiger partial charge on any atom is 0.258 e. The molecule has 6 rings (SSSR count). The monoisotopic (exact) mass is 839 g/mol. The van der Waals surface area contributed by atoms with Crippen LogP contribution in [0.25, 0.3) is 22.6 Å². The van der Waals surface area contributed by atoms with Crippen LogP contribution in [0.2, 0.25) is 5.02 Å². The fourth-order valence-corrected chi connectivity index (χ4v) is 6.79. The number of carbonyl (C=O) groups excluding carboxylic acids is 2. The highest BCUT2D eigenvalue weighted by Gasteiger charge is 2.23. The molecule has 0 bridgehead atoms. The third-order valence-corrected chi connectivity index (χ3v) is 9.01. The van der Waals surface area contributed by atoms with Crippen molar-refractivity contribution in [2.24, 2.45) is 0 Å². The summed E-state index contributed by atoms with van der Waals surface area (Å²) >= 11 is 13.0. The molecule has 0 fully saturated rings. The van der Waals surface area contributed by atoms with Crippen LogP contribution in [-0.4, -0.2) is 61.9 Å². The molecular formula is C36H29Br2ClFN5O6. The van der Waals surface area contributed by atoms with E-state index in [0.29, 0.717) is 54.2 Å². The van der Waals surface area contributed by atoms with Crippen molar-refractivity contribution in [2.45, 2.75) is 0 Å². The molecule has 5 aromatic rings. The van der Waals surface area contributed by atoms with Crippen molar-refractivity contribution in [2.75, 3.05) is 50.7 Å². The Balaban J connectivity index is 0.953. The average Bonchev–Trinajstić information content (AvgIpc) is 3.43. The smallest absolute Gasteiger partial charge is 0.258 e. The standard InChI is InChI=1S/C36H29Br2ClFN5O6/c1-48-31-17-30-24(35(43-19-42-30)44-21-6-7-28(40)27(39)15-21)16-32(31)50-11-10-49-9-8-41-33(46)18-51-34-25(37)13-20(14-26(34)38)12-23-22-4-2-3-5-29(22)45-36(23)47/h2-7,12-17,19H,8-11,18H2,1H3,(H,41,46)(H,45,47)(H,42,43,44)/b23-12-. The van der Waals surface area contributed by atoms with Gasteiger partial charge in [-0.25, -0.2) is 14.4 Å². The van der Waals surface area contributed by atoms with Crippen LogP contribution in [0.5, 0.6) is 17.2 Å². The minimum absolute atomic E-state index is 0.0149. The summed E-state index contributed by atoms with van der Waals surface area (Å²) < 4.78 is 37.7. The van der Waals surface area contributed by atoms with Crippen LogP contribution in [0.15, 0.2) is 82.0 Å². The Hall–Kier alpha value is -4.76. The SMILES string of the molecule is COc1cc2ncnc(Nc3ccc(F)c(Cl)c3)c2cc1OCCOCCNC(=O)COc1c(Br)cc(/C=C2\C(=O)Nc3ccccc32)cc1Br. The highest BCUT2D eigenvalue weighted by Crippen LogP contribution is 2.38. The first kappa shape index (κ1) is 36.0. The number of hydrogen-bond donors (Lipinski definition) is 3. The highest BCUT2D eigenvalue weighted by atomic mass is 79.9. The summed E-state index contributed by atoms with van der Waals surface area (Å²) in [5.41, 5.74) is 4.11. The van der Waals surface area contributed by atoms with Crippen LogP contribution < -0.4 is 30.2 Å². The Bertz CT molecular complexity index is 2130. The first-order valence-corrected chi connectivity index (χ1v) is 17.4. The van der Waals surface area contributed by atoms with E-state index in [4.69, 9.17) is 30.5 Å². The van der Waals surface area contributed by atoms with Crippen LogP contribution in [0, 0.1) is 5.82 Å². The van der Waals surface area contributed by atoms with Crippen molar-refractivity contribution in [3.05, 3.63) is 104 Å². The van der Waals surface area contributed by atoms with E-state index in [2.05, 4.69) is 57.8 Å². The molecule has 15 heteroatoms. The van der Waals surface area contributed by atoms with Crippen molar-refractivity contribution >= 4 is 95.0 Å². The van der Waals surface area contributed by atoms with Crippen LogP contribution in [0.1, 0.15) is 11.1 Å². The maximum absolute atomic E-state index is 13.6.